The number of benzene rings is 2. The van der Waals surface area contributed by atoms with E-state index in [0.29, 0.717) is 24.8 Å². The number of anilines is 2. The summed E-state index contributed by atoms with van der Waals surface area (Å²) in [5, 5.41) is 3.92. The van der Waals surface area contributed by atoms with E-state index in [9.17, 15) is 4.79 Å². The van der Waals surface area contributed by atoms with Crippen LogP contribution in [0.2, 0.25) is 5.02 Å². The fraction of sp³-hybridized carbons (Fsp3) is 0.381. The maximum atomic E-state index is 12.6. The largest absolute Gasteiger partial charge is 0.378 e. The second-order valence-corrected chi connectivity index (χ2v) is 7.23. The monoisotopic (exact) mass is 387 g/mol. The summed E-state index contributed by atoms with van der Waals surface area (Å²) in [5.41, 5.74) is 4.28. The van der Waals surface area contributed by atoms with Crippen molar-refractivity contribution in [2.75, 3.05) is 50.1 Å². The van der Waals surface area contributed by atoms with Crippen LogP contribution in [0, 0.1) is 6.92 Å². The summed E-state index contributed by atoms with van der Waals surface area (Å²) in [4.78, 5) is 16.6. The van der Waals surface area contributed by atoms with E-state index in [0.717, 1.165) is 30.0 Å². The summed E-state index contributed by atoms with van der Waals surface area (Å²) in [5.74, 6) is 0.0335. The fourth-order valence-electron chi connectivity index (χ4n) is 3.17. The van der Waals surface area contributed by atoms with Crippen LogP contribution in [-0.2, 0) is 16.1 Å². The molecule has 2 aromatic rings. The normalized spacial score (nSPS) is 14.1. The summed E-state index contributed by atoms with van der Waals surface area (Å²) >= 11 is 6.18. The number of nitrogens with one attached hydrogen (secondary N) is 1. The number of hydrogen-bond donors (Lipinski definition) is 1. The molecule has 2 aromatic carbocycles. The van der Waals surface area contributed by atoms with E-state index in [-0.39, 0.29) is 12.5 Å². The Morgan fingerprint density at radius 2 is 1.96 bits per heavy atom. The molecular formula is C21H26ClN3O2. The van der Waals surface area contributed by atoms with Gasteiger partial charge in [-0.1, -0.05) is 35.9 Å². The highest BCUT2D eigenvalue weighted by Gasteiger charge is 2.16. The lowest BCUT2D eigenvalue weighted by molar-refractivity contribution is -0.128. The van der Waals surface area contributed by atoms with E-state index in [4.69, 9.17) is 16.3 Å². The maximum Gasteiger partial charge on any atom is 0.241 e. The molecule has 1 aliphatic heterocycles. The van der Waals surface area contributed by atoms with Gasteiger partial charge in [0, 0.05) is 31.7 Å². The molecule has 3 rings (SSSR count). The van der Waals surface area contributed by atoms with Gasteiger partial charge in [0.05, 0.1) is 31.1 Å². The minimum absolute atomic E-state index is 0.0335. The lowest BCUT2D eigenvalue weighted by Gasteiger charge is -2.31. The zero-order valence-electron chi connectivity index (χ0n) is 15.9. The number of rotatable bonds is 6. The summed E-state index contributed by atoms with van der Waals surface area (Å²) < 4.78 is 5.43. The molecule has 0 saturated carbocycles. The topological polar surface area (TPSA) is 44.8 Å². The summed E-state index contributed by atoms with van der Waals surface area (Å²) in [6.45, 7) is 5.96. The quantitative estimate of drug-likeness (QED) is 0.823. The van der Waals surface area contributed by atoms with Crippen molar-refractivity contribution >= 4 is 28.9 Å². The van der Waals surface area contributed by atoms with Gasteiger partial charge in [-0.3, -0.25) is 4.79 Å². The van der Waals surface area contributed by atoms with E-state index in [1.807, 2.05) is 37.4 Å². The van der Waals surface area contributed by atoms with Crippen molar-refractivity contribution in [2.45, 2.75) is 13.5 Å². The van der Waals surface area contributed by atoms with Crippen molar-refractivity contribution in [3.63, 3.8) is 0 Å². The second-order valence-electron chi connectivity index (χ2n) is 6.79. The zero-order chi connectivity index (χ0) is 19.2. The SMILES string of the molecule is Cc1ccccc1CN(C)C(=O)CNc1cc(Cl)ccc1N1CCOCC1. The predicted octanol–water partition coefficient (Wildman–Crippen LogP) is 3.56. The summed E-state index contributed by atoms with van der Waals surface area (Å²) in [6, 6.07) is 13.9. The van der Waals surface area contributed by atoms with Crippen molar-refractivity contribution in [1.29, 1.82) is 0 Å². The third-order valence-electron chi connectivity index (χ3n) is 4.83. The first-order chi connectivity index (χ1) is 13.0. The molecule has 6 heteroatoms. The Morgan fingerprint density at radius 3 is 2.70 bits per heavy atom. The number of halogens is 1. The maximum absolute atomic E-state index is 12.6. The highest BCUT2D eigenvalue weighted by Crippen LogP contribution is 2.29. The third kappa shape index (κ3) is 5.15. The molecule has 1 heterocycles. The highest BCUT2D eigenvalue weighted by atomic mass is 35.5. The lowest BCUT2D eigenvalue weighted by atomic mass is 10.1. The van der Waals surface area contributed by atoms with E-state index < -0.39 is 0 Å². The van der Waals surface area contributed by atoms with Gasteiger partial charge in [0.1, 0.15) is 0 Å². The Bertz CT molecular complexity index is 791. The van der Waals surface area contributed by atoms with Gasteiger partial charge < -0.3 is 19.9 Å². The molecule has 5 nitrogen and oxygen atoms in total. The standard InChI is InChI=1S/C21H26ClN3O2/c1-16-5-3-4-6-17(16)15-24(2)21(26)14-23-19-13-18(22)7-8-20(19)25-9-11-27-12-10-25/h3-8,13,23H,9-12,14-15H2,1-2H3. The Morgan fingerprint density at radius 1 is 1.22 bits per heavy atom. The molecule has 0 unspecified atom stereocenters. The molecule has 1 saturated heterocycles. The van der Waals surface area contributed by atoms with E-state index >= 15 is 0 Å². The molecule has 27 heavy (non-hydrogen) atoms. The van der Waals surface area contributed by atoms with Gasteiger partial charge in [-0.15, -0.1) is 0 Å². The number of hydrogen-bond acceptors (Lipinski definition) is 4. The fourth-order valence-corrected chi connectivity index (χ4v) is 3.34. The number of ether oxygens (including phenoxy) is 1. The summed E-state index contributed by atoms with van der Waals surface area (Å²) in [6.07, 6.45) is 0. The van der Waals surface area contributed by atoms with Crippen LogP contribution in [-0.4, -0.2) is 50.7 Å². The highest BCUT2D eigenvalue weighted by molar-refractivity contribution is 6.31. The van der Waals surface area contributed by atoms with Gasteiger partial charge in [-0.05, 0) is 36.2 Å². The number of aryl methyl sites for hydroxylation is 1. The number of likely N-dealkylation sites (N-methyl/N-ethyl adjacent to an activating group) is 1. The first kappa shape index (κ1) is 19.5. The van der Waals surface area contributed by atoms with Crippen LogP contribution in [0.25, 0.3) is 0 Å². The molecular weight excluding hydrogens is 362 g/mol. The van der Waals surface area contributed by atoms with Gasteiger partial charge >= 0.3 is 0 Å². The van der Waals surface area contributed by atoms with Gasteiger partial charge in [0.2, 0.25) is 5.91 Å². The molecule has 1 amide bonds. The van der Waals surface area contributed by atoms with Crippen LogP contribution in [0.4, 0.5) is 11.4 Å². The lowest BCUT2D eigenvalue weighted by Crippen LogP contribution is -2.37. The van der Waals surface area contributed by atoms with Gasteiger partial charge in [-0.25, -0.2) is 0 Å². The number of nitrogens with zero attached hydrogens (tertiary/aromatic N) is 2. The second kappa shape index (κ2) is 9.11. The number of carbonyl (C=O) groups is 1. The van der Waals surface area contributed by atoms with Crippen LogP contribution in [0.15, 0.2) is 42.5 Å². The van der Waals surface area contributed by atoms with E-state index in [1.54, 1.807) is 4.90 Å². The van der Waals surface area contributed by atoms with Crippen LogP contribution >= 0.6 is 11.6 Å². The van der Waals surface area contributed by atoms with Crippen molar-refractivity contribution in [3.05, 3.63) is 58.6 Å². The molecule has 144 valence electrons. The van der Waals surface area contributed by atoms with Crippen molar-refractivity contribution < 1.29 is 9.53 Å². The Labute approximate surface area is 165 Å². The Balaban J connectivity index is 1.64. The molecule has 0 aromatic heterocycles. The predicted molar refractivity (Wildman–Crippen MR) is 111 cm³/mol. The van der Waals surface area contributed by atoms with Crippen molar-refractivity contribution in [3.8, 4) is 0 Å². The van der Waals surface area contributed by atoms with E-state index in [2.05, 4.69) is 29.3 Å². The van der Waals surface area contributed by atoms with Crippen LogP contribution in [0.1, 0.15) is 11.1 Å². The van der Waals surface area contributed by atoms with Crippen LogP contribution in [0.5, 0.6) is 0 Å². The Kier molecular flexibility index (Phi) is 6.58. The molecule has 0 radical (unpaired) electrons. The average molecular weight is 388 g/mol. The molecule has 1 N–H and O–H groups in total. The van der Waals surface area contributed by atoms with Crippen molar-refractivity contribution in [1.82, 2.24) is 4.90 Å². The number of morpholine rings is 1. The van der Waals surface area contributed by atoms with Gasteiger partial charge in [-0.2, -0.15) is 0 Å². The third-order valence-corrected chi connectivity index (χ3v) is 5.07. The smallest absolute Gasteiger partial charge is 0.241 e. The van der Waals surface area contributed by atoms with Gasteiger partial charge in [0.25, 0.3) is 0 Å². The molecule has 0 aliphatic carbocycles. The van der Waals surface area contributed by atoms with Crippen molar-refractivity contribution in [2.24, 2.45) is 0 Å². The first-order valence-electron chi connectivity index (χ1n) is 9.19. The number of amides is 1. The molecule has 0 spiro atoms. The minimum Gasteiger partial charge on any atom is -0.378 e. The summed E-state index contributed by atoms with van der Waals surface area (Å²) in [7, 11) is 1.83. The molecule has 0 bridgehead atoms. The minimum atomic E-state index is 0.0335. The van der Waals surface area contributed by atoms with Gasteiger partial charge in [0.15, 0.2) is 0 Å². The number of carbonyl (C=O) groups excluding carboxylic acids is 1. The van der Waals surface area contributed by atoms with Crippen LogP contribution in [0.3, 0.4) is 0 Å². The first-order valence-corrected chi connectivity index (χ1v) is 9.57. The Hall–Kier alpha value is -2.24. The average Bonchev–Trinajstić information content (AvgIpc) is 2.68. The molecule has 1 aliphatic rings. The zero-order valence-corrected chi connectivity index (χ0v) is 16.6. The molecule has 0 atom stereocenters. The van der Waals surface area contributed by atoms with Crippen LogP contribution < -0.4 is 10.2 Å². The van der Waals surface area contributed by atoms with E-state index in [1.165, 1.54) is 5.56 Å². The molecule has 1 fully saturated rings.